The molecule has 0 aromatic carbocycles. The van der Waals surface area contributed by atoms with Crippen molar-refractivity contribution in [3.05, 3.63) is 24.3 Å². The SMILES string of the molecule is C=C=C=COCC. The summed E-state index contributed by atoms with van der Waals surface area (Å²) in [6.45, 7) is 5.86. The summed E-state index contributed by atoms with van der Waals surface area (Å²) >= 11 is 0. The summed E-state index contributed by atoms with van der Waals surface area (Å²) in [5.41, 5.74) is 4.96. The van der Waals surface area contributed by atoms with Gasteiger partial charge in [-0.25, -0.2) is 0 Å². The summed E-state index contributed by atoms with van der Waals surface area (Å²) in [4.78, 5) is 0. The highest BCUT2D eigenvalue weighted by Gasteiger charge is 1.59. The predicted molar refractivity (Wildman–Crippen MR) is 28.8 cm³/mol. The summed E-state index contributed by atoms with van der Waals surface area (Å²) in [6, 6.07) is 0. The molecule has 0 rings (SSSR count). The number of hydrogen-bond acceptors (Lipinski definition) is 1. The van der Waals surface area contributed by atoms with Crippen LogP contribution in [0.5, 0.6) is 0 Å². The molecule has 0 N–H and O–H groups in total. The van der Waals surface area contributed by atoms with Crippen LogP contribution in [0.1, 0.15) is 6.92 Å². The Hall–Kier alpha value is -0.900. The topological polar surface area (TPSA) is 9.23 Å². The monoisotopic (exact) mass is 96.1 g/mol. The lowest BCUT2D eigenvalue weighted by Crippen LogP contribution is -1.72. The number of ether oxygens (including phenoxy) is 1. The van der Waals surface area contributed by atoms with Gasteiger partial charge in [0.2, 0.25) is 0 Å². The van der Waals surface area contributed by atoms with Gasteiger partial charge in [-0.05, 0) is 19.2 Å². The van der Waals surface area contributed by atoms with Crippen LogP contribution in [0.25, 0.3) is 0 Å². The van der Waals surface area contributed by atoms with E-state index in [4.69, 9.17) is 4.74 Å². The summed E-state index contributed by atoms with van der Waals surface area (Å²) in [7, 11) is 0. The minimum absolute atomic E-state index is 0.675. The van der Waals surface area contributed by atoms with Crippen molar-refractivity contribution in [2.75, 3.05) is 6.61 Å². The third-order valence-electron chi connectivity index (χ3n) is 0.411. The highest BCUT2D eigenvalue weighted by molar-refractivity contribution is 4.72. The summed E-state index contributed by atoms with van der Waals surface area (Å²) in [5.74, 6) is 0. The van der Waals surface area contributed by atoms with Gasteiger partial charge < -0.3 is 4.74 Å². The summed E-state index contributed by atoms with van der Waals surface area (Å²) < 4.78 is 4.74. The van der Waals surface area contributed by atoms with Crippen LogP contribution in [-0.2, 0) is 4.74 Å². The van der Waals surface area contributed by atoms with E-state index < -0.39 is 0 Å². The quantitative estimate of drug-likeness (QED) is 0.373. The first-order valence-electron chi connectivity index (χ1n) is 2.12. The van der Waals surface area contributed by atoms with E-state index >= 15 is 0 Å². The van der Waals surface area contributed by atoms with E-state index in [0.717, 1.165) is 0 Å². The Morgan fingerprint density at radius 2 is 2.57 bits per heavy atom. The normalized spacial score (nSPS) is 5.86. The second-order valence-corrected chi connectivity index (χ2v) is 0.894. The van der Waals surface area contributed by atoms with E-state index in [0.29, 0.717) is 6.61 Å². The third-order valence-corrected chi connectivity index (χ3v) is 0.411. The molecule has 0 heterocycles. The Morgan fingerprint density at radius 3 is 3.00 bits per heavy atom. The summed E-state index contributed by atoms with van der Waals surface area (Å²) in [6.07, 6.45) is 1.44. The zero-order valence-electron chi connectivity index (χ0n) is 4.40. The predicted octanol–water partition coefficient (Wildman–Crippen LogP) is 1.48. The maximum absolute atomic E-state index is 4.74. The molecule has 0 aromatic rings. The number of rotatable bonds is 2. The third kappa shape index (κ3) is 5.10. The lowest BCUT2D eigenvalue weighted by atomic mass is 10.8. The van der Waals surface area contributed by atoms with Crippen LogP contribution in [0.2, 0.25) is 0 Å². The molecule has 0 aliphatic carbocycles. The fraction of sp³-hybridized carbons (Fsp3) is 0.333. The Bertz CT molecular complexity index is 103. The van der Waals surface area contributed by atoms with Gasteiger partial charge in [-0.3, -0.25) is 0 Å². The first-order valence-corrected chi connectivity index (χ1v) is 2.12. The summed E-state index contributed by atoms with van der Waals surface area (Å²) in [5, 5.41) is 0. The van der Waals surface area contributed by atoms with Crippen LogP contribution >= 0.6 is 0 Å². The van der Waals surface area contributed by atoms with Crippen LogP contribution in [0, 0.1) is 0 Å². The van der Waals surface area contributed by atoms with E-state index in [1.165, 1.54) is 6.26 Å². The van der Waals surface area contributed by atoms with Crippen molar-refractivity contribution in [3.8, 4) is 0 Å². The molecule has 0 radical (unpaired) electrons. The van der Waals surface area contributed by atoms with Crippen molar-refractivity contribution >= 4 is 0 Å². The van der Waals surface area contributed by atoms with Crippen molar-refractivity contribution in [2.45, 2.75) is 6.92 Å². The van der Waals surface area contributed by atoms with Crippen molar-refractivity contribution < 1.29 is 4.74 Å². The highest BCUT2D eigenvalue weighted by atomic mass is 16.5. The van der Waals surface area contributed by atoms with Gasteiger partial charge in [0.15, 0.2) is 0 Å². The Balaban J connectivity index is 3.28. The lowest BCUT2D eigenvalue weighted by molar-refractivity contribution is 0.270. The van der Waals surface area contributed by atoms with Crippen molar-refractivity contribution in [1.82, 2.24) is 0 Å². The molecule has 7 heavy (non-hydrogen) atoms. The second-order valence-electron chi connectivity index (χ2n) is 0.894. The van der Waals surface area contributed by atoms with Crippen LogP contribution in [0.15, 0.2) is 24.3 Å². The van der Waals surface area contributed by atoms with Crippen LogP contribution in [0.4, 0.5) is 0 Å². The molecule has 0 aliphatic rings. The smallest absolute Gasteiger partial charge is 0.133 e. The average molecular weight is 96.1 g/mol. The minimum atomic E-state index is 0.675. The van der Waals surface area contributed by atoms with Gasteiger partial charge >= 0.3 is 0 Å². The van der Waals surface area contributed by atoms with Gasteiger partial charge in [0.25, 0.3) is 0 Å². The van der Waals surface area contributed by atoms with Gasteiger partial charge in [-0.2, -0.15) is 0 Å². The fourth-order valence-corrected chi connectivity index (χ4v) is 0.167. The molecule has 0 amide bonds. The van der Waals surface area contributed by atoms with Crippen LogP contribution in [0.3, 0.4) is 0 Å². The van der Waals surface area contributed by atoms with Gasteiger partial charge in [0, 0.05) is 0 Å². The van der Waals surface area contributed by atoms with Crippen molar-refractivity contribution in [1.29, 1.82) is 0 Å². The zero-order valence-corrected chi connectivity index (χ0v) is 4.40. The number of hydrogen-bond donors (Lipinski definition) is 0. The molecule has 0 aromatic heterocycles. The minimum Gasteiger partial charge on any atom is -0.493 e. The molecular formula is C6H8O. The van der Waals surface area contributed by atoms with Crippen molar-refractivity contribution in [3.63, 3.8) is 0 Å². The molecule has 0 unspecified atom stereocenters. The van der Waals surface area contributed by atoms with E-state index in [-0.39, 0.29) is 0 Å². The molecule has 0 saturated carbocycles. The molecule has 0 spiro atoms. The van der Waals surface area contributed by atoms with E-state index in [1.807, 2.05) is 6.92 Å². The standard InChI is InChI=1S/C6H8O/c1-3-5-6-7-4-2/h6H,1,4H2,2H3. The second kappa shape index (κ2) is 5.10. The van der Waals surface area contributed by atoms with E-state index in [9.17, 15) is 0 Å². The molecule has 0 fully saturated rings. The first-order chi connectivity index (χ1) is 3.41. The highest BCUT2D eigenvalue weighted by Crippen LogP contribution is 1.68. The van der Waals surface area contributed by atoms with Crippen molar-refractivity contribution in [2.24, 2.45) is 0 Å². The van der Waals surface area contributed by atoms with Gasteiger partial charge in [0.1, 0.15) is 6.26 Å². The lowest BCUT2D eigenvalue weighted by Gasteiger charge is -1.84. The van der Waals surface area contributed by atoms with Crippen LogP contribution in [-0.4, -0.2) is 6.61 Å². The Kier molecular flexibility index (Phi) is 4.44. The Morgan fingerprint density at radius 1 is 1.86 bits per heavy atom. The molecule has 0 atom stereocenters. The molecule has 38 valence electrons. The largest absolute Gasteiger partial charge is 0.493 e. The van der Waals surface area contributed by atoms with Gasteiger partial charge in [0.05, 0.1) is 6.61 Å². The average Bonchev–Trinajstić information content (AvgIpc) is 1.69. The fourth-order valence-electron chi connectivity index (χ4n) is 0.167. The molecule has 0 bridgehead atoms. The van der Waals surface area contributed by atoms with Crippen LogP contribution < -0.4 is 0 Å². The zero-order chi connectivity index (χ0) is 5.54. The molecule has 1 nitrogen and oxygen atoms in total. The molecule has 0 aliphatic heterocycles. The van der Waals surface area contributed by atoms with E-state index in [2.05, 4.69) is 18.0 Å². The van der Waals surface area contributed by atoms with Gasteiger partial charge in [-0.1, -0.05) is 5.73 Å². The Labute approximate surface area is 43.6 Å². The first kappa shape index (κ1) is 6.10. The molecule has 0 saturated heterocycles. The molecular weight excluding hydrogens is 88.1 g/mol. The molecule has 1 heteroatoms. The van der Waals surface area contributed by atoms with Gasteiger partial charge in [-0.15, -0.1) is 0 Å². The van der Waals surface area contributed by atoms with E-state index in [1.54, 1.807) is 0 Å². The maximum atomic E-state index is 4.74. The maximum Gasteiger partial charge on any atom is 0.133 e.